The van der Waals surface area contributed by atoms with Gasteiger partial charge < -0.3 is 49.9 Å². The van der Waals surface area contributed by atoms with Crippen LogP contribution < -0.4 is 25.1 Å². The lowest BCUT2D eigenvalue weighted by atomic mass is 9.41. The minimum absolute atomic E-state index is 0.0304. The smallest absolute Gasteiger partial charge is 0.331 e. The zero-order chi connectivity index (χ0) is 32.1. The molecule has 4 saturated carbocycles. The van der Waals surface area contributed by atoms with Crippen LogP contribution in [0.4, 0.5) is 0 Å². The van der Waals surface area contributed by atoms with E-state index in [1.807, 2.05) is 12.1 Å². The molecule has 11 heteroatoms. The number of quaternary nitrogens is 1. The first-order valence-corrected chi connectivity index (χ1v) is 15.6. The van der Waals surface area contributed by atoms with Gasteiger partial charge in [-0.2, -0.15) is 0 Å². The van der Waals surface area contributed by atoms with E-state index in [0.717, 1.165) is 17.6 Å². The van der Waals surface area contributed by atoms with Gasteiger partial charge in [-0.25, -0.2) is 4.79 Å². The number of hydrogen-bond donors (Lipinski definition) is 4. The number of carboxylic acid groups (broad SMARTS) is 1. The Kier molecular flexibility index (Phi) is 8.74. The molecule has 0 saturated heterocycles. The SMILES string of the molecule is COc1cc(C[NH3+])cc(OC)c1OC.C[C@]12CCC3C(CCC4(O)CC(O)CC[C@]34C(=O)[O-])C1(O)CC[C@H]2C1=CC(=O)OC1. The highest BCUT2D eigenvalue weighted by atomic mass is 16.5. The van der Waals surface area contributed by atoms with Crippen molar-refractivity contribution in [1.82, 2.24) is 0 Å². The molecule has 5 unspecified atom stereocenters. The van der Waals surface area contributed by atoms with Gasteiger partial charge in [0, 0.05) is 28.9 Å². The Hall–Kier alpha value is -2.86. The van der Waals surface area contributed by atoms with Crippen LogP contribution in [0.3, 0.4) is 0 Å². The first-order chi connectivity index (χ1) is 20.8. The summed E-state index contributed by atoms with van der Waals surface area (Å²) in [5, 5.41) is 46.2. The van der Waals surface area contributed by atoms with Crippen LogP contribution in [0.25, 0.3) is 0 Å². The number of carbonyl (C=O) groups is 2. The minimum atomic E-state index is -1.50. The lowest BCUT2D eigenvalue weighted by Gasteiger charge is -2.67. The normalized spacial score (nSPS) is 39.0. The highest BCUT2D eigenvalue weighted by molar-refractivity contribution is 5.85. The molecule has 6 N–H and O–H groups in total. The second kappa shape index (κ2) is 11.8. The molecule has 1 heterocycles. The molecular weight excluding hydrogens is 570 g/mol. The maximum absolute atomic E-state index is 12.6. The number of ether oxygens (including phenoxy) is 4. The van der Waals surface area contributed by atoms with E-state index in [1.165, 1.54) is 0 Å². The highest BCUT2D eigenvalue weighted by Gasteiger charge is 2.71. The summed E-state index contributed by atoms with van der Waals surface area (Å²) in [5.74, 6) is -0.233. The summed E-state index contributed by atoms with van der Waals surface area (Å²) in [4.78, 5) is 24.2. The van der Waals surface area contributed by atoms with Crippen molar-refractivity contribution in [2.45, 2.75) is 88.6 Å². The van der Waals surface area contributed by atoms with E-state index in [1.54, 1.807) is 27.4 Å². The standard InChI is InChI=1S/C23H32O7.C10H15NO3/c1-20-6-3-16-17(23(20,29)9-5-15(20)13-10-18(25)30-12-13)4-7-21(28)11-14(24)2-8-22(16,21)19(26)27;1-12-8-4-7(6-11)5-9(13-2)10(8)14-3/h10,14-17,24,28-29H,2-9,11-12H2,1H3,(H,26,27);4-5H,6,11H2,1-3H3/t14?,15-,16?,17?,20+,21?,22+,23?;/m0./s1. The Morgan fingerprint density at radius 1 is 1.00 bits per heavy atom. The molecule has 1 aromatic carbocycles. The molecule has 5 aliphatic rings. The van der Waals surface area contributed by atoms with E-state index >= 15 is 0 Å². The van der Waals surface area contributed by atoms with Crippen LogP contribution >= 0.6 is 0 Å². The van der Waals surface area contributed by atoms with Gasteiger partial charge in [0.15, 0.2) is 11.5 Å². The molecule has 6 rings (SSSR count). The fourth-order valence-electron chi connectivity index (χ4n) is 9.75. The largest absolute Gasteiger partial charge is 0.549 e. The highest BCUT2D eigenvalue weighted by Crippen LogP contribution is 2.70. The maximum atomic E-state index is 12.6. The molecule has 0 bridgehead atoms. The predicted octanol–water partition coefficient (Wildman–Crippen LogP) is 0.904. The molecule has 1 aromatic rings. The summed E-state index contributed by atoms with van der Waals surface area (Å²) in [6, 6.07) is 3.79. The zero-order valence-electron chi connectivity index (χ0n) is 26.2. The van der Waals surface area contributed by atoms with Crippen molar-refractivity contribution in [3.05, 3.63) is 29.3 Å². The number of hydrogen-bond acceptors (Lipinski definition) is 10. The molecule has 1 aliphatic heterocycles. The lowest BCUT2D eigenvalue weighted by molar-refractivity contribution is -0.386. The number of aliphatic hydroxyl groups excluding tert-OH is 1. The average molecular weight is 618 g/mol. The van der Waals surface area contributed by atoms with Gasteiger partial charge in [0.05, 0.1) is 51.1 Å². The van der Waals surface area contributed by atoms with Gasteiger partial charge in [0.1, 0.15) is 6.61 Å². The molecule has 0 amide bonds. The number of aliphatic hydroxyl groups is 3. The Morgan fingerprint density at radius 2 is 1.66 bits per heavy atom. The van der Waals surface area contributed by atoms with Gasteiger partial charge in [0.2, 0.25) is 5.75 Å². The van der Waals surface area contributed by atoms with E-state index in [0.29, 0.717) is 55.9 Å². The van der Waals surface area contributed by atoms with Crippen LogP contribution in [0.2, 0.25) is 0 Å². The summed E-state index contributed by atoms with van der Waals surface area (Å²) < 4.78 is 20.7. The third-order valence-electron chi connectivity index (χ3n) is 11.9. The second-order valence-electron chi connectivity index (χ2n) is 13.5. The first kappa shape index (κ1) is 32.5. The summed E-state index contributed by atoms with van der Waals surface area (Å²) in [6.07, 6.45) is 4.64. The van der Waals surface area contributed by atoms with Crippen molar-refractivity contribution in [2.24, 2.45) is 28.6 Å². The zero-order valence-corrected chi connectivity index (χ0v) is 26.2. The number of rotatable bonds is 6. The van der Waals surface area contributed by atoms with Crippen LogP contribution in [0.1, 0.15) is 70.3 Å². The number of fused-ring (bicyclic) bond motifs is 5. The van der Waals surface area contributed by atoms with Crippen molar-refractivity contribution in [1.29, 1.82) is 0 Å². The molecule has 244 valence electrons. The molecule has 4 fully saturated rings. The Balaban J connectivity index is 0.000000232. The first-order valence-electron chi connectivity index (χ1n) is 15.6. The van der Waals surface area contributed by atoms with Gasteiger partial charge in [-0.1, -0.05) is 6.92 Å². The molecule has 4 aliphatic carbocycles. The van der Waals surface area contributed by atoms with Crippen molar-refractivity contribution in [3.63, 3.8) is 0 Å². The van der Waals surface area contributed by atoms with Crippen molar-refractivity contribution in [3.8, 4) is 17.2 Å². The van der Waals surface area contributed by atoms with E-state index in [4.69, 9.17) is 18.9 Å². The number of aliphatic carboxylic acids is 1. The molecule has 0 radical (unpaired) electrons. The van der Waals surface area contributed by atoms with Crippen molar-refractivity contribution >= 4 is 11.9 Å². The Morgan fingerprint density at radius 3 is 2.20 bits per heavy atom. The fourth-order valence-corrected chi connectivity index (χ4v) is 9.75. The van der Waals surface area contributed by atoms with Gasteiger partial charge in [-0.3, -0.25) is 0 Å². The second-order valence-corrected chi connectivity index (χ2v) is 13.5. The van der Waals surface area contributed by atoms with E-state index in [9.17, 15) is 30.0 Å². The number of esters is 1. The van der Waals surface area contributed by atoms with Gasteiger partial charge in [-0.05, 0) is 86.8 Å². The number of benzene rings is 1. The van der Waals surface area contributed by atoms with Gasteiger partial charge in [-0.15, -0.1) is 0 Å². The quantitative estimate of drug-likeness (QED) is 0.335. The Labute approximate surface area is 258 Å². The summed E-state index contributed by atoms with van der Waals surface area (Å²) in [7, 11) is 4.79. The summed E-state index contributed by atoms with van der Waals surface area (Å²) in [6.45, 7) is 3.03. The van der Waals surface area contributed by atoms with Crippen LogP contribution in [0, 0.1) is 28.6 Å². The molecule has 11 nitrogen and oxygen atoms in total. The fraction of sp³-hybridized carbons (Fsp3) is 0.697. The lowest BCUT2D eigenvalue weighted by Crippen LogP contribution is -2.72. The number of methoxy groups -OCH3 is 3. The van der Waals surface area contributed by atoms with Crippen LogP contribution in [0.5, 0.6) is 17.2 Å². The van der Waals surface area contributed by atoms with Crippen LogP contribution in [-0.4, -0.2) is 72.5 Å². The predicted molar refractivity (Wildman–Crippen MR) is 155 cm³/mol. The molecule has 0 aromatic heterocycles. The van der Waals surface area contributed by atoms with E-state index in [-0.39, 0.29) is 49.6 Å². The number of carboxylic acids is 1. The van der Waals surface area contributed by atoms with Crippen LogP contribution in [-0.2, 0) is 20.9 Å². The van der Waals surface area contributed by atoms with Gasteiger partial charge >= 0.3 is 5.97 Å². The third kappa shape index (κ3) is 4.78. The van der Waals surface area contributed by atoms with Gasteiger partial charge in [0.25, 0.3) is 0 Å². The van der Waals surface area contributed by atoms with Crippen molar-refractivity contribution < 1.29 is 54.7 Å². The van der Waals surface area contributed by atoms with E-state index < -0.39 is 34.1 Å². The third-order valence-corrected chi connectivity index (χ3v) is 11.9. The summed E-state index contributed by atoms with van der Waals surface area (Å²) in [5.41, 5.74) is 1.33. The maximum Gasteiger partial charge on any atom is 0.331 e. The molecule has 0 spiro atoms. The molecule has 44 heavy (non-hydrogen) atoms. The Bertz CT molecular complexity index is 1290. The minimum Gasteiger partial charge on any atom is -0.549 e. The monoisotopic (exact) mass is 617 g/mol. The molecular formula is C33H47NO10. The summed E-state index contributed by atoms with van der Waals surface area (Å²) >= 11 is 0. The van der Waals surface area contributed by atoms with E-state index in [2.05, 4.69) is 12.7 Å². The average Bonchev–Trinajstić information content (AvgIpc) is 3.55. The molecule has 8 atom stereocenters. The van der Waals surface area contributed by atoms with Crippen LogP contribution in [0.15, 0.2) is 23.8 Å². The number of cyclic esters (lactones) is 1. The van der Waals surface area contributed by atoms with Crippen molar-refractivity contribution in [2.75, 3.05) is 27.9 Å². The number of carbonyl (C=O) groups excluding carboxylic acids is 2. The topological polar surface area (TPSA) is 182 Å².